The highest BCUT2D eigenvalue weighted by molar-refractivity contribution is 7.80. The molecule has 1 aliphatic heterocycles. The van der Waals surface area contributed by atoms with E-state index < -0.39 is 0 Å². The molecule has 0 aliphatic carbocycles. The average molecular weight is 322 g/mol. The molecule has 0 spiro atoms. The maximum absolute atomic E-state index is 12.8. The molecule has 0 unspecified atom stereocenters. The number of aromatic amines is 1. The van der Waals surface area contributed by atoms with Crippen LogP contribution in [-0.4, -0.2) is 28.9 Å². The van der Waals surface area contributed by atoms with E-state index in [-0.39, 0.29) is 5.91 Å². The number of carbonyl (C=O) groups is 1. The fraction of sp³-hybridized carbons (Fsp3) is 0.211. The molecule has 1 N–H and O–H groups in total. The Kier molecular flexibility index (Phi) is 3.62. The van der Waals surface area contributed by atoms with Crippen LogP contribution in [0.3, 0.4) is 0 Å². The van der Waals surface area contributed by atoms with Crippen molar-refractivity contribution in [1.82, 2.24) is 9.88 Å². The lowest BCUT2D eigenvalue weighted by atomic mass is 10.1. The predicted molar refractivity (Wildman–Crippen MR) is 95.3 cm³/mol. The number of nitrogens with one attached hydrogen (secondary N) is 1. The van der Waals surface area contributed by atoms with E-state index in [2.05, 4.69) is 41.9 Å². The second kappa shape index (κ2) is 5.78. The van der Waals surface area contributed by atoms with Crippen molar-refractivity contribution in [1.29, 1.82) is 0 Å². The van der Waals surface area contributed by atoms with E-state index in [0.717, 1.165) is 30.8 Å². The van der Waals surface area contributed by atoms with Crippen LogP contribution in [0.15, 0.2) is 53.4 Å². The summed E-state index contributed by atoms with van der Waals surface area (Å²) >= 11 is 4.42. The van der Waals surface area contributed by atoms with Gasteiger partial charge in [0.2, 0.25) is 0 Å². The van der Waals surface area contributed by atoms with Gasteiger partial charge >= 0.3 is 0 Å². The average Bonchev–Trinajstić information content (AvgIpc) is 2.79. The van der Waals surface area contributed by atoms with Crippen LogP contribution in [0.1, 0.15) is 21.6 Å². The van der Waals surface area contributed by atoms with Gasteiger partial charge in [-0.1, -0.05) is 30.3 Å². The summed E-state index contributed by atoms with van der Waals surface area (Å²) in [7, 11) is 0. The number of aromatic nitrogens is 1. The molecule has 23 heavy (non-hydrogen) atoms. The first-order chi connectivity index (χ1) is 11.2. The molecule has 2 aromatic carbocycles. The van der Waals surface area contributed by atoms with Crippen molar-refractivity contribution in [2.24, 2.45) is 0 Å². The Morgan fingerprint density at radius 3 is 2.61 bits per heavy atom. The number of nitrogens with zero attached hydrogens (tertiary/aromatic N) is 1. The van der Waals surface area contributed by atoms with E-state index in [1.54, 1.807) is 0 Å². The van der Waals surface area contributed by atoms with Crippen LogP contribution < -0.4 is 0 Å². The molecule has 3 aromatic rings. The van der Waals surface area contributed by atoms with Gasteiger partial charge in [0.05, 0.1) is 5.56 Å². The number of rotatable bonds is 1. The van der Waals surface area contributed by atoms with Crippen LogP contribution in [-0.2, 0) is 12.8 Å². The Hall–Kier alpha value is -2.20. The van der Waals surface area contributed by atoms with Crippen molar-refractivity contribution in [2.45, 2.75) is 17.7 Å². The molecule has 1 aromatic heterocycles. The standard InChI is InChI=1S/C19H18N2OS/c22-19(15-6-2-4-8-18(15)23)21-11-9-14-13-5-1-3-7-16(13)20-17(14)10-12-21/h1-8,20,23H,9-12H2. The third-order valence-corrected chi connectivity index (χ3v) is 4.98. The van der Waals surface area contributed by atoms with E-state index in [0.29, 0.717) is 5.56 Å². The summed E-state index contributed by atoms with van der Waals surface area (Å²) in [6.45, 7) is 1.48. The third kappa shape index (κ3) is 2.53. The monoisotopic (exact) mass is 322 g/mol. The number of hydrogen-bond acceptors (Lipinski definition) is 2. The van der Waals surface area contributed by atoms with Crippen molar-refractivity contribution in [3.8, 4) is 0 Å². The minimum Gasteiger partial charge on any atom is -0.358 e. The highest BCUT2D eigenvalue weighted by atomic mass is 32.1. The topological polar surface area (TPSA) is 36.1 Å². The number of H-pyrrole nitrogens is 1. The van der Waals surface area contributed by atoms with Gasteiger partial charge in [0.15, 0.2) is 0 Å². The first-order valence-electron chi connectivity index (χ1n) is 7.90. The second-order valence-electron chi connectivity index (χ2n) is 5.94. The highest BCUT2D eigenvalue weighted by Crippen LogP contribution is 2.26. The lowest BCUT2D eigenvalue weighted by Crippen LogP contribution is -2.33. The number of thiol groups is 1. The van der Waals surface area contributed by atoms with E-state index in [9.17, 15) is 4.79 Å². The molecule has 116 valence electrons. The van der Waals surface area contributed by atoms with Crippen LogP contribution in [0.5, 0.6) is 0 Å². The quantitative estimate of drug-likeness (QED) is 0.659. The van der Waals surface area contributed by atoms with Gasteiger partial charge in [-0.25, -0.2) is 0 Å². The molecule has 1 amide bonds. The molecule has 0 atom stereocenters. The maximum Gasteiger partial charge on any atom is 0.255 e. The molecule has 0 saturated heterocycles. The van der Waals surface area contributed by atoms with Gasteiger partial charge in [0.1, 0.15) is 0 Å². The number of hydrogen-bond donors (Lipinski definition) is 2. The lowest BCUT2D eigenvalue weighted by Gasteiger charge is -2.21. The summed E-state index contributed by atoms with van der Waals surface area (Å²) in [5, 5.41) is 1.28. The predicted octanol–water partition coefficient (Wildman–Crippen LogP) is 3.70. The normalized spacial score (nSPS) is 14.6. The van der Waals surface area contributed by atoms with Gasteiger partial charge in [0, 0.05) is 41.0 Å². The van der Waals surface area contributed by atoms with Crippen molar-refractivity contribution in [3.63, 3.8) is 0 Å². The summed E-state index contributed by atoms with van der Waals surface area (Å²) in [4.78, 5) is 19.0. The number of benzene rings is 2. The Bertz CT molecular complexity index is 884. The molecule has 0 bridgehead atoms. The molecule has 0 saturated carbocycles. The van der Waals surface area contributed by atoms with Crippen molar-refractivity contribution in [2.75, 3.05) is 13.1 Å². The van der Waals surface area contributed by atoms with Crippen LogP contribution in [0, 0.1) is 0 Å². The van der Waals surface area contributed by atoms with Crippen molar-refractivity contribution in [3.05, 3.63) is 65.4 Å². The van der Waals surface area contributed by atoms with Crippen molar-refractivity contribution < 1.29 is 4.79 Å². The minimum atomic E-state index is 0.0741. The van der Waals surface area contributed by atoms with Gasteiger partial charge in [-0.15, -0.1) is 12.6 Å². The largest absolute Gasteiger partial charge is 0.358 e. The van der Waals surface area contributed by atoms with Crippen molar-refractivity contribution >= 4 is 29.4 Å². The lowest BCUT2D eigenvalue weighted by molar-refractivity contribution is 0.0759. The molecule has 2 heterocycles. The Balaban J connectivity index is 1.61. The summed E-state index contributed by atoms with van der Waals surface area (Å²) in [5.74, 6) is 0.0741. The van der Waals surface area contributed by atoms with Crippen LogP contribution >= 0.6 is 12.6 Å². The van der Waals surface area contributed by atoms with Gasteiger partial charge in [-0.3, -0.25) is 4.79 Å². The van der Waals surface area contributed by atoms with Gasteiger partial charge < -0.3 is 9.88 Å². The first-order valence-corrected chi connectivity index (χ1v) is 8.34. The van der Waals surface area contributed by atoms with Crippen LogP contribution in [0.25, 0.3) is 10.9 Å². The Labute approximate surface area is 140 Å². The van der Waals surface area contributed by atoms with Crippen LogP contribution in [0.2, 0.25) is 0 Å². The molecule has 0 radical (unpaired) electrons. The SMILES string of the molecule is O=C(c1ccccc1S)N1CCc2[nH]c3ccccc3c2CC1. The molecule has 1 aliphatic rings. The maximum atomic E-state index is 12.8. The molecule has 4 heteroatoms. The second-order valence-corrected chi connectivity index (χ2v) is 6.42. The summed E-state index contributed by atoms with van der Waals surface area (Å²) in [6, 6.07) is 15.9. The van der Waals surface area contributed by atoms with Gasteiger partial charge in [0.25, 0.3) is 5.91 Å². The van der Waals surface area contributed by atoms with E-state index in [1.807, 2.05) is 29.2 Å². The zero-order chi connectivity index (χ0) is 15.8. The number of amides is 1. The molecule has 3 nitrogen and oxygen atoms in total. The molecular weight excluding hydrogens is 304 g/mol. The van der Waals surface area contributed by atoms with Gasteiger partial charge in [-0.2, -0.15) is 0 Å². The number of carbonyl (C=O) groups excluding carboxylic acids is 1. The fourth-order valence-electron chi connectivity index (χ4n) is 3.39. The summed E-state index contributed by atoms with van der Waals surface area (Å²) in [6.07, 6.45) is 1.75. The zero-order valence-corrected chi connectivity index (χ0v) is 13.6. The molecule has 4 rings (SSSR count). The number of para-hydroxylation sites is 1. The summed E-state index contributed by atoms with van der Waals surface area (Å²) in [5.41, 5.74) is 4.50. The number of fused-ring (bicyclic) bond motifs is 3. The van der Waals surface area contributed by atoms with E-state index in [1.165, 1.54) is 22.2 Å². The minimum absolute atomic E-state index is 0.0741. The third-order valence-electron chi connectivity index (χ3n) is 4.59. The molecular formula is C19H18N2OS. The highest BCUT2D eigenvalue weighted by Gasteiger charge is 2.23. The van der Waals surface area contributed by atoms with Crippen LogP contribution in [0.4, 0.5) is 0 Å². The fourth-order valence-corrected chi connectivity index (χ4v) is 3.64. The van der Waals surface area contributed by atoms with E-state index >= 15 is 0 Å². The molecule has 0 fully saturated rings. The Morgan fingerprint density at radius 1 is 1.00 bits per heavy atom. The van der Waals surface area contributed by atoms with E-state index in [4.69, 9.17) is 0 Å². The van der Waals surface area contributed by atoms with Gasteiger partial charge in [-0.05, 0) is 30.2 Å². The smallest absolute Gasteiger partial charge is 0.255 e. The first kappa shape index (κ1) is 14.4. The zero-order valence-electron chi connectivity index (χ0n) is 12.7. The summed E-state index contributed by atoms with van der Waals surface area (Å²) < 4.78 is 0. The Morgan fingerprint density at radius 2 is 1.74 bits per heavy atom.